The Morgan fingerprint density at radius 1 is 1.26 bits per heavy atom. The zero-order valence-corrected chi connectivity index (χ0v) is 13.3. The van der Waals surface area contributed by atoms with Crippen LogP contribution < -0.4 is 10.6 Å². The van der Waals surface area contributed by atoms with Crippen LogP contribution in [0.1, 0.15) is 6.42 Å². The van der Waals surface area contributed by atoms with Crippen LogP contribution >= 0.6 is 11.3 Å². The van der Waals surface area contributed by atoms with Gasteiger partial charge in [-0.05, 0) is 12.0 Å². The summed E-state index contributed by atoms with van der Waals surface area (Å²) in [6, 6.07) is 10.2. The third-order valence-corrected chi connectivity index (χ3v) is 5.21. The number of hydrogen-bond acceptors (Lipinski definition) is 5. The van der Waals surface area contributed by atoms with Crippen LogP contribution in [0.15, 0.2) is 42.0 Å². The van der Waals surface area contributed by atoms with E-state index in [0.29, 0.717) is 6.54 Å². The number of carbonyl (C=O) groups is 1. The molecule has 1 unspecified atom stereocenters. The van der Waals surface area contributed by atoms with Crippen molar-refractivity contribution in [2.24, 2.45) is 11.7 Å². The van der Waals surface area contributed by atoms with Crippen molar-refractivity contribution in [1.82, 2.24) is 9.97 Å². The Bertz CT molecular complexity index is 861. The van der Waals surface area contributed by atoms with E-state index in [4.69, 9.17) is 5.73 Å². The number of anilines is 1. The molecule has 5 nitrogen and oxygen atoms in total. The Kier molecular flexibility index (Phi) is 3.46. The molecule has 4 rings (SSSR count). The molecule has 6 heteroatoms. The van der Waals surface area contributed by atoms with Crippen molar-refractivity contribution in [1.29, 1.82) is 0 Å². The maximum atomic E-state index is 11.4. The summed E-state index contributed by atoms with van der Waals surface area (Å²) in [7, 11) is 0. The number of rotatable bonds is 3. The summed E-state index contributed by atoms with van der Waals surface area (Å²) in [4.78, 5) is 23.5. The highest BCUT2D eigenvalue weighted by Gasteiger charge is 2.29. The van der Waals surface area contributed by atoms with E-state index in [-0.39, 0.29) is 11.8 Å². The van der Waals surface area contributed by atoms with Crippen LogP contribution in [0.25, 0.3) is 21.3 Å². The van der Waals surface area contributed by atoms with Crippen LogP contribution in [-0.2, 0) is 4.79 Å². The smallest absolute Gasteiger partial charge is 0.222 e. The summed E-state index contributed by atoms with van der Waals surface area (Å²) < 4.78 is 0. The molecule has 0 saturated carbocycles. The predicted molar refractivity (Wildman–Crippen MR) is 92.4 cm³/mol. The summed E-state index contributed by atoms with van der Waals surface area (Å²) in [6.07, 6.45) is 2.38. The maximum Gasteiger partial charge on any atom is 0.222 e. The van der Waals surface area contributed by atoms with Gasteiger partial charge in [-0.15, -0.1) is 11.3 Å². The van der Waals surface area contributed by atoms with Gasteiger partial charge in [0.05, 0.1) is 11.3 Å². The van der Waals surface area contributed by atoms with Gasteiger partial charge in [-0.3, -0.25) is 4.79 Å². The van der Waals surface area contributed by atoms with Gasteiger partial charge >= 0.3 is 0 Å². The van der Waals surface area contributed by atoms with E-state index >= 15 is 0 Å². The van der Waals surface area contributed by atoms with Gasteiger partial charge in [0.25, 0.3) is 0 Å². The Labute approximate surface area is 137 Å². The van der Waals surface area contributed by atoms with Gasteiger partial charge in [0.2, 0.25) is 5.91 Å². The van der Waals surface area contributed by atoms with Crippen molar-refractivity contribution >= 4 is 33.3 Å². The van der Waals surface area contributed by atoms with Crippen LogP contribution in [0.5, 0.6) is 0 Å². The lowest BCUT2D eigenvalue weighted by atomic mass is 10.1. The van der Waals surface area contributed by atoms with Gasteiger partial charge in [0, 0.05) is 24.0 Å². The Balaban J connectivity index is 1.82. The number of fused-ring (bicyclic) bond motifs is 1. The molecule has 1 amide bonds. The third-order valence-electron chi connectivity index (χ3n) is 4.33. The number of carbonyl (C=O) groups excluding carboxylic acids is 1. The van der Waals surface area contributed by atoms with Crippen LogP contribution in [0.3, 0.4) is 0 Å². The zero-order valence-electron chi connectivity index (χ0n) is 12.5. The van der Waals surface area contributed by atoms with E-state index < -0.39 is 0 Å². The first kappa shape index (κ1) is 14.1. The van der Waals surface area contributed by atoms with Gasteiger partial charge in [0.1, 0.15) is 17.0 Å². The molecule has 0 spiro atoms. The lowest BCUT2D eigenvalue weighted by Gasteiger charge is -2.18. The molecule has 1 fully saturated rings. The van der Waals surface area contributed by atoms with Crippen LogP contribution in [0.4, 0.5) is 5.82 Å². The monoisotopic (exact) mass is 324 g/mol. The number of nitrogens with two attached hydrogens (primary N) is 1. The first-order valence-corrected chi connectivity index (χ1v) is 8.44. The SMILES string of the molecule is NC(=O)C1CCN(c2ncnc3scc(-c4ccccc4)c23)C1. The van der Waals surface area contributed by atoms with Gasteiger partial charge in [-0.2, -0.15) is 0 Å². The van der Waals surface area contributed by atoms with E-state index in [9.17, 15) is 4.79 Å². The van der Waals surface area contributed by atoms with Crippen molar-refractivity contribution in [2.75, 3.05) is 18.0 Å². The van der Waals surface area contributed by atoms with Gasteiger partial charge in [0.15, 0.2) is 0 Å². The summed E-state index contributed by atoms with van der Waals surface area (Å²) in [5, 5.41) is 3.19. The lowest BCUT2D eigenvalue weighted by Crippen LogP contribution is -2.27. The van der Waals surface area contributed by atoms with Crippen LogP contribution in [0, 0.1) is 5.92 Å². The van der Waals surface area contributed by atoms with Crippen molar-refractivity contribution in [3.63, 3.8) is 0 Å². The number of primary amides is 1. The summed E-state index contributed by atoms with van der Waals surface area (Å²) in [5.74, 6) is 0.573. The largest absolute Gasteiger partial charge is 0.369 e. The molecule has 3 heterocycles. The Hall–Kier alpha value is -2.47. The van der Waals surface area contributed by atoms with Gasteiger partial charge in [-0.25, -0.2) is 9.97 Å². The van der Waals surface area contributed by atoms with E-state index in [1.54, 1.807) is 17.7 Å². The standard InChI is InChI=1S/C17H16N4OS/c18-15(22)12-6-7-21(8-12)16-14-13(11-4-2-1-3-5-11)9-23-17(14)20-10-19-16/h1-5,9-10,12H,6-8H2,(H2,18,22). The number of thiophene rings is 1. The minimum atomic E-state index is -0.230. The molecule has 1 atom stereocenters. The molecular weight excluding hydrogens is 308 g/mol. The molecule has 1 aliphatic rings. The molecule has 1 aromatic carbocycles. The second-order valence-electron chi connectivity index (χ2n) is 5.73. The summed E-state index contributed by atoms with van der Waals surface area (Å²) in [6.45, 7) is 1.43. The molecule has 3 aromatic rings. The summed E-state index contributed by atoms with van der Waals surface area (Å²) >= 11 is 1.62. The fourth-order valence-corrected chi connectivity index (χ4v) is 4.02. The predicted octanol–water partition coefficient (Wildman–Crippen LogP) is 2.67. The average Bonchev–Trinajstić information content (AvgIpc) is 3.23. The molecule has 0 aliphatic carbocycles. The highest BCUT2D eigenvalue weighted by molar-refractivity contribution is 7.17. The van der Waals surface area contributed by atoms with Crippen LogP contribution in [-0.4, -0.2) is 29.0 Å². The second-order valence-corrected chi connectivity index (χ2v) is 6.58. The number of benzene rings is 1. The molecule has 2 N–H and O–H groups in total. The number of amides is 1. The van der Waals surface area contributed by atoms with E-state index in [2.05, 4.69) is 32.4 Å². The van der Waals surface area contributed by atoms with E-state index in [1.165, 1.54) is 0 Å². The van der Waals surface area contributed by atoms with Crippen molar-refractivity contribution < 1.29 is 4.79 Å². The normalized spacial score (nSPS) is 17.7. The van der Waals surface area contributed by atoms with Crippen molar-refractivity contribution in [3.05, 3.63) is 42.0 Å². The maximum absolute atomic E-state index is 11.4. The fraction of sp³-hybridized carbons (Fsp3) is 0.235. The number of nitrogens with zero attached hydrogens (tertiary/aromatic N) is 3. The minimum Gasteiger partial charge on any atom is -0.369 e. The topological polar surface area (TPSA) is 72.1 Å². The molecular formula is C17H16N4OS. The van der Waals surface area contributed by atoms with Crippen molar-refractivity contribution in [2.45, 2.75) is 6.42 Å². The molecule has 0 bridgehead atoms. The average molecular weight is 324 g/mol. The molecule has 116 valence electrons. The molecule has 0 radical (unpaired) electrons. The van der Waals surface area contributed by atoms with Crippen molar-refractivity contribution in [3.8, 4) is 11.1 Å². The highest BCUT2D eigenvalue weighted by atomic mass is 32.1. The number of hydrogen-bond donors (Lipinski definition) is 1. The van der Waals surface area contributed by atoms with E-state index in [0.717, 1.165) is 40.1 Å². The summed E-state index contributed by atoms with van der Waals surface area (Å²) in [5.41, 5.74) is 7.75. The van der Waals surface area contributed by atoms with Gasteiger partial charge < -0.3 is 10.6 Å². The fourth-order valence-electron chi connectivity index (χ4n) is 3.11. The Morgan fingerprint density at radius 3 is 2.83 bits per heavy atom. The number of aromatic nitrogens is 2. The second kappa shape index (κ2) is 5.62. The van der Waals surface area contributed by atoms with Gasteiger partial charge in [-0.1, -0.05) is 30.3 Å². The minimum absolute atomic E-state index is 0.0983. The quantitative estimate of drug-likeness (QED) is 0.804. The first-order valence-electron chi connectivity index (χ1n) is 7.56. The first-order chi connectivity index (χ1) is 11.2. The highest BCUT2D eigenvalue weighted by Crippen LogP contribution is 2.38. The lowest BCUT2D eigenvalue weighted by molar-refractivity contribution is -0.121. The van der Waals surface area contributed by atoms with Crippen LogP contribution in [0.2, 0.25) is 0 Å². The molecule has 2 aromatic heterocycles. The zero-order chi connectivity index (χ0) is 15.8. The molecule has 1 aliphatic heterocycles. The molecule has 23 heavy (non-hydrogen) atoms. The van der Waals surface area contributed by atoms with E-state index in [1.807, 2.05) is 18.2 Å². The Morgan fingerprint density at radius 2 is 2.09 bits per heavy atom. The third kappa shape index (κ3) is 2.45. The molecule has 1 saturated heterocycles.